The molecule has 0 aliphatic heterocycles. The lowest BCUT2D eigenvalue weighted by molar-refractivity contribution is 0.546. The molecule has 0 spiro atoms. The average Bonchev–Trinajstić information content (AvgIpc) is 2.36. The maximum Gasteiger partial charge on any atom is 0.137 e. The minimum absolute atomic E-state index is 0.143. The molecule has 0 unspecified atom stereocenters. The molecule has 0 aliphatic rings. The summed E-state index contributed by atoms with van der Waals surface area (Å²) in [7, 11) is 0. The zero-order valence-corrected chi connectivity index (χ0v) is 11.9. The molecule has 1 N–H and O–H groups in total. The van der Waals surface area contributed by atoms with E-state index in [1.807, 2.05) is 26.8 Å². The van der Waals surface area contributed by atoms with Crippen molar-refractivity contribution in [3.05, 3.63) is 41.3 Å². The van der Waals surface area contributed by atoms with Gasteiger partial charge in [0.2, 0.25) is 0 Å². The fourth-order valence-corrected chi connectivity index (χ4v) is 1.63. The number of rotatable bonds is 3. The topological polar surface area (TPSA) is 63.6 Å². The Labute approximate surface area is 117 Å². The Hall–Kier alpha value is -1.75. The molecule has 19 heavy (non-hydrogen) atoms. The predicted octanol–water partition coefficient (Wildman–Crippen LogP) is 2.83. The second-order valence-electron chi connectivity index (χ2n) is 5.20. The van der Waals surface area contributed by atoms with Gasteiger partial charge in [-0.2, -0.15) is 0 Å². The molecule has 6 heteroatoms. The van der Waals surface area contributed by atoms with E-state index < -0.39 is 0 Å². The highest BCUT2D eigenvalue weighted by Gasteiger charge is 2.18. The summed E-state index contributed by atoms with van der Waals surface area (Å²) in [5.74, 6) is 1.41. The molecule has 0 saturated heterocycles. The van der Waals surface area contributed by atoms with Gasteiger partial charge in [0, 0.05) is 17.7 Å². The molecule has 0 radical (unpaired) electrons. The molecular formula is C13H16ClN5. The van der Waals surface area contributed by atoms with Crippen molar-refractivity contribution in [1.29, 1.82) is 0 Å². The van der Waals surface area contributed by atoms with Crippen LogP contribution in [0.1, 0.15) is 32.3 Å². The molecule has 0 bridgehead atoms. The van der Waals surface area contributed by atoms with Crippen LogP contribution in [-0.2, 0) is 12.0 Å². The first-order chi connectivity index (χ1) is 8.95. The largest absolute Gasteiger partial charge is 0.364 e. The van der Waals surface area contributed by atoms with Crippen LogP contribution in [0.25, 0.3) is 0 Å². The first-order valence-corrected chi connectivity index (χ1v) is 6.37. The number of nitrogens with zero attached hydrogens (tertiary/aromatic N) is 4. The first kappa shape index (κ1) is 13.7. The highest BCUT2D eigenvalue weighted by molar-refractivity contribution is 6.29. The van der Waals surface area contributed by atoms with Crippen LogP contribution in [0.15, 0.2) is 24.7 Å². The second-order valence-corrected chi connectivity index (χ2v) is 5.59. The van der Waals surface area contributed by atoms with Crippen molar-refractivity contribution in [3.63, 3.8) is 0 Å². The van der Waals surface area contributed by atoms with E-state index >= 15 is 0 Å². The Bertz CT molecular complexity index is 551. The van der Waals surface area contributed by atoms with Crippen LogP contribution in [0.5, 0.6) is 0 Å². The molecule has 2 rings (SSSR count). The maximum atomic E-state index is 6.02. The van der Waals surface area contributed by atoms with Crippen LogP contribution in [0, 0.1) is 0 Å². The third-order valence-corrected chi connectivity index (χ3v) is 2.65. The van der Waals surface area contributed by atoms with Gasteiger partial charge in [0.25, 0.3) is 0 Å². The Morgan fingerprint density at radius 2 is 2.05 bits per heavy atom. The summed E-state index contributed by atoms with van der Waals surface area (Å²) < 4.78 is 0. The Morgan fingerprint density at radius 1 is 1.26 bits per heavy atom. The highest BCUT2D eigenvalue weighted by atomic mass is 35.5. The third-order valence-electron chi connectivity index (χ3n) is 2.46. The number of nitrogens with one attached hydrogen (secondary N) is 1. The summed E-state index contributed by atoms with van der Waals surface area (Å²) in [5, 5.41) is 3.62. The third kappa shape index (κ3) is 3.86. The lowest BCUT2D eigenvalue weighted by Crippen LogP contribution is -2.17. The molecule has 0 aromatic carbocycles. The fourth-order valence-electron chi connectivity index (χ4n) is 1.45. The van der Waals surface area contributed by atoms with Gasteiger partial charge in [0.05, 0.1) is 12.2 Å². The Kier molecular flexibility index (Phi) is 3.95. The van der Waals surface area contributed by atoms with Crippen LogP contribution in [0.4, 0.5) is 5.82 Å². The van der Waals surface area contributed by atoms with Gasteiger partial charge in [-0.15, -0.1) is 0 Å². The molecule has 0 fully saturated rings. The Balaban J connectivity index is 2.15. The molecule has 0 saturated carbocycles. The standard InChI is InChI=1S/C13H16ClN5/c1-13(2,3)12-18-10(14)6-11(19-12)16-7-9-4-5-15-8-17-9/h4-6,8H,7H2,1-3H3,(H,16,18,19). The van der Waals surface area contributed by atoms with Crippen molar-refractivity contribution in [2.75, 3.05) is 5.32 Å². The van der Waals surface area contributed by atoms with E-state index in [-0.39, 0.29) is 5.41 Å². The van der Waals surface area contributed by atoms with Gasteiger partial charge in [-0.25, -0.2) is 19.9 Å². The number of hydrogen-bond acceptors (Lipinski definition) is 5. The molecule has 5 nitrogen and oxygen atoms in total. The first-order valence-electron chi connectivity index (χ1n) is 5.99. The van der Waals surface area contributed by atoms with E-state index in [0.29, 0.717) is 23.3 Å². The minimum atomic E-state index is -0.143. The van der Waals surface area contributed by atoms with Crippen molar-refractivity contribution in [1.82, 2.24) is 19.9 Å². The molecular weight excluding hydrogens is 262 g/mol. The quantitative estimate of drug-likeness (QED) is 0.874. The molecule has 2 aromatic rings. The lowest BCUT2D eigenvalue weighted by atomic mass is 9.96. The van der Waals surface area contributed by atoms with Crippen LogP contribution in [0.2, 0.25) is 5.15 Å². The summed E-state index contributed by atoms with van der Waals surface area (Å²) in [6, 6.07) is 3.55. The van der Waals surface area contributed by atoms with E-state index in [0.717, 1.165) is 5.69 Å². The number of hydrogen-bond donors (Lipinski definition) is 1. The van der Waals surface area contributed by atoms with E-state index in [4.69, 9.17) is 11.6 Å². The van der Waals surface area contributed by atoms with E-state index in [9.17, 15) is 0 Å². The van der Waals surface area contributed by atoms with Gasteiger partial charge in [-0.05, 0) is 6.07 Å². The monoisotopic (exact) mass is 277 g/mol. The van der Waals surface area contributed by atoms with Gasteiger partial charge < -0.3 is 5.32 Å². The van der Waals surface area contributed by atoms with Gasteiger partial charge in [0.15, 0.2) is 0 Å². The summed E-state index contributed by atoms with van der Waals surface area (Å²) in [5.41, 5.74) is 0.748. The number of halogens is 1. The summed E-state index contributed by atoms with van der Waals surface area (Å²) in [4.78, 5) is 16.7. The summed E-state index contributed by atoms with van der Waals surface area (Å²) in [6.07, 6.45) is 3.22. The van der Waals surface area contributed by atoms with E-state index in [1.54, 1.807) is 12.3 Å². The van der Waals surface area contributed by atoms with Crippen LogP contribution in [-0.4, -0.2) is 19.9 Å². The maximum absolute atomic E-state index is 6.02. The highest BCUT2D eigenvalue weighted by Crippen LogP contribution is 2.22. The van der Waals surface area contributed by atoms with Crippen molar-refractivity contribution in [3.8, 4) is 0 Å². The van der Waals surface area contributed by atoms with Gasteiger partial charge in [-0.3, -0.25) is 0 Å². The SMILES string of the molecule is CC(C)(C)c1nc(Cl)cc(NCc2ccncn2)n1. The zero-order valence-electron chi connectivity index (χ0n) is 11.2. The fraction of sp³-hybridized carbons (Fsp3) is 0.385. The second kappa shape index (κ2) is 5.48. The Morgan fingerprint density at radius 3 is 2.68 bits per heavy atom. The van der Waals surface area contributed by atoms with Crippen LogP contribution >= 0.6 is 11.6 Å². The number of aromatic nitrogens is 4. The molecule has 2 aromatic heterocycles. The van der Waals surface area contributed by atoms with Gasteiger partial charge >= 0.3 is 0 Å². The normalized spacial score (nSPS) is 11.4. The summed E-state index contributed by atoms with van der Waals surface area (Å²) in [6.45, 7) is 6.71. The van der Waals surface area contributed by atoms with Crippen molar-refractivity contribution in [2.24, 2.45) is 0 Å². The van der Waals surface area contributed by atoms with E-state index in [1.165, 1.54) is 6.33 Å². The van der Waals surface area contributed by atoms with Crippen molar-refractivity contribution >= 4 is 17.4 Å². The number of anilines is 1. The molecule has 2 heterocycles. The molecule has 100 valence electrons. The average molecular weight is 278 g/mol. The summed E-state index contributed by atoms with van der Waals surface area (Å²) >= 11 is 6.02. The molecule has 0 aliphatic carbocycles. The zero-order chi connectivity index (χ0) is 13.9. The van der Waals surface area contributed by atoms with Crippen LogP contribution < -0.4 is 5.32 Å². The van der Waals surface area contributed by atoms with Gasteiger partial charge in [-0.1, -0.05) is 32.4 Å². The van der Waals surface area contributed by atoms with Crippen molar-refractivity contribution in [2.45, 2.75) is 32.7 Å². The minimum Gasteiger partial charge on any atom is -0.364 e. The van der Waals surface area contributed by atoms with Crippen molar-refractivity contribution < 1.29 is 0 Å². The molecule has 0 atom stereocenters. The van der Waals surface area contributed by atoms with Crippen LogP contribution in [0.3, 0.4) is 0 Å². The molecule has 0 amide bonds. The lowest BCUT2D eigenvalue weighted by Gasteiger charge is -2.17. The smallest absolute Gasteiger partial charge is 0.137 e. The predicted molar refractivity (Wildman–Crippen MR) is 75.1 cm³/mol. The van der Waals surface area contributed by atoms with E-state index in [2.05, 4.69) is 25.3 Å². The van der Waals surface area contributed by atoms with Gasteiger partial charge in [0.1, 0.15) is 23.1 Å².